The lowest BCUT2D eigenvalue weighted by atomic mass is 9.46. The fourth-order valence-electron chi connectivity index (χ4n) is 9.26. The van der Waals surface area contributed by atoms with Gasteiger partial charge in [0.2, 0.25) is 0 Å². The first-order valence-corrected chi connectivity index (χ1v) is 13.0. The molecule has 0 bridgehead atoms. The Labute approximate surface area is 188 Å². The first kappa shape index (κ1) is 22.1. The lowest BCUT2D eigenvalue weighted by Gasteiger charge is -2.58. The standard InChI is InChI=1S/C27H43NO3/c1-16-23(7-4-17(14-28)15-29)31-24-13-22-20-6-5-18-12-19(30)8-10-26(18,2)21(20)9-11-27(22,3)25(16)24/h12,16-17,20-25,29H,4-11,13-15,28H2,1-3H3/t16-,17?,20-,21+,22+,23?,24+,25+,26+,27+/m1/s1. The van der Waals surface area contributed by atoms with E-state index in [0.717, 1.165) is 49.9 Å². The Bertz CT molecular complexity index is 745. The SMILES string of the molecule is C[C@@H]1C(CCC(CN)CO)O[C@H]2C[C@H]3[C@@H]4CCC5=CC(=O)CC[C@]5(C)[C@H]4CC[C@]3(C)[C@H]21. The molecule has 1 aliphatic heterocycles. The molecule has 0 aromatic carbocycles. The number of ether oxygens (including phenoxy) is 1. The van der Waals surface area contributed by atoms with E-state index in [1.165, 1.54) is 31.3 Å². The van der Waals surface area contributed by atoms with Crippen LogP contribution in [0, 0.1) is 46.3 Å². The third-order valence-corrected chi connectivity index (χ3v) is 11.0. The number of hydrogen-bond acceptors (Lipinski definition) is 4. The van der Waals surface area contributed by atoms with Crippen molar-refractivity contribution in [2.75, 3.05) is 13.2 Å². The number of nitrogens with two attached hydrogens (primary N) is 1. The van der Waals surface area contributed by atoms with Crippen molar-refractivity contribution in [3.63, 3.8) is 0 Å². The number of aliphatic hydroxyl groups excluding tert-OH is 1. The smallest absolute Gasteiger partial charge is 0.155 e. The lowest BCUT2D eigenvalue weighted by Crippen LogP contribution is -2.51. The van der Waals surface area contributed by atoms with Crippen LogP contribution in [0.2, 0.25) is 0 Å². The van der Waals surface area contributed by atoms with E-state index in [1.807, 2.05) is 6.08 Å². The van der Waals surface area contributed by atoms with E-state index in [2.05, 4.69) is 20.8 Å². The molecule has 1 saturated heterocycles. The van der Waals surface area contributed by atoms with Gasteiger partial charge >= 0.3 is 0 Å². The highest BCUT2D eigenvalue weighted by Crippen LogP contribution is 2.69. The summed E-state index contributed by atoms with van der Waals surface area (Å²) in [5.41, 5.74) is 7.93. The second kappa shape index (κ2) is 7.95. The summed E-state index contributed by atoms with van der Waals surface area (Å²) in [5, 5.41) is 9.51. The molecule has 0 radical (unpaired) electrons. The van der Waals surface area contributed by atoms with E-state index in [9.17, 15) is 9.90 Å². The summed E-state index contributed by atoms with van der Waals surface area (Å²) >= 11 is 0. The normalized spacial score (nSPS) is 49.6. The Morgan fingerprint density at radius 1 is 1.23 bits per heavy atom. The van der Waals surface area contributed by atoms with E-state index < -0.39 is 0 Å². The van der Waals surface area contributed by atoms with Crippen LogP contribution in [0.3, 0.4) is 0 Å². The minimum atomic E-state index is 0.189. The monoisotopic (exact) mass is 429 g/mol. The van der Waals surface area contributed by atoms with Crippen LogP contribution in [0.4, 0.5) is 0 Å². The summed E-state index contributed by atoms with van der Waals surface area (Å²) in [6.45, 7) is 8.25. The van der Waals surface area contributed by atoms with Crippen LogP contribution in [-0.4, -0.2) is 36.2 Å². The fraction of sp³-hybridized carbons (Fsp3) is 0.889. The van der Waals surface area contributed by atoms with E-state index in [1.54, 1.807) is 0 Å². The number of rotatable bonds is 5. The van der Waals surface area contributed by atoms with Gasteiger partial charge in [-0.1, -0.05) is 26.3 Å². The van der Waals surface area contributed by atoms with Crippen LogP contribution >= 0.6 is 0 Å². The molecule has 31 heavy (non-hydrogen) atoms. The summed E-state index contributed by atoms with van der Waals surface area (Å²) in [5.74, 6) is 4.15. The largest absolute Gasteiger partial charge is 0.396 e. The third kappa shape index (κ3) is 3.30. The summed E-state index contributed by atoms with van der Waals surface area (Å²) in [6.07, 6.45) is 12.8. The number of hydrogen-bond donors (Lipinski definition) is 2. The molecule has 4 fully saturated rings. The molecular weight excluding hydrogens is 386 g/mol. The molecule has 4 heteroatoms. The van der Waals surface area contributed by atoms with Crippen molar-refractivity contribution in [2.45, 2.75) is 90.8 Å². The van der Waals surface area contributed by atoms with Crippen LogP contribution in [0.1, 0.15) is 78.6 Å². The van der Waals surface area contributed by atoms with Crippen LogP contribution in [0.15, 0.2) is 11.6 Å². The molecular formula is C27H43NO3. The Balaban J connectivity index is 1.33. The Morgan fingerprint density at radius 3 is 2.77 bits per heavy atom. The van der Waals surface area contributed by atoms with Gasteiger partial charge in [-0.2, -0.15) is 0 Å². The van der Waals surface area contributed by atoms with E-state index >= 15 is 0 Å². The van der Waals surface area contributed by atoms with Crippen LogP contribution in [0.25, 0.3) is 0 Å². The summed E-state index contributed by atoms with van der Waals surface area (Å²) in [7, 11) is 0. The zero-order chi connectivity index (χ0) is 22.0. The molecule has 2 unspecified atom stereocenters. The fourth-order valence-corrected chi connectivity index (χ4v) is 9.26. The molecule has 0 amide bonds. The highest BCUT2D eigenvalue weighted by molar-refractivity contribution is 5.91. The van der Waals surface area contributed by atoms with Crippen molar-refractivity contribution < 1.29 is 14.6 Å². The summed E-state index contributed by atoms with van der Waals surface area (Å²) in [4.78, 5) is 12.1. The van der Waals surface area contributed by atoms with Crippen molar-refractivity contribution in [1.82, 2.24) is 0 Å². The van der Waals surface area contributed by atoms with Gasteiger partial charge < -0.3 is 15.6 Å². The predicted octanol–water partition coefficient (Wildman–Crippen LogP) is 4.50. The molecule has 3 N–H and O–H groups in total. The van der Waals surface area contributed by atoms with Crippen molar-refractivity contribution >= 4 is 5.78 Å². The van der Waals surface area contributed by atoms with Gasteiger partial charge in [-0.25, -0.2) is 0 Å². The second-order valence-corrected chi connectivity index (χ2v) is 12.2. The van der Waals surface area contributed by atoms with Crippen LogP contribution in [0.5, 0.6) is 0 Å². The van der Waals surface area contributed by atoms with Gasteiger partial charge in [0, 0.05) is 13.0 Å². The highest BCUT2D eigenvalue weighted by Gasteiger charge is 2.65. The maximum atomic E-state index is 12.1. The van der Waals surface area contributed by atoms with Gasteiger partial charge in [0.15, 0.2) is 5.78 Å². The second-order valence-electron chi connectivity index (χ2n) is 12.2. The molecule has 5 aliphatic rings. The molecule has 0 aromatic rings. The quantitative estimate of drug-likeness (QED) is 0.675. The maximum absolute atomic E-state index is 12.1. The predicted molar refractivity (Wildman–Crippen MR) is 122 cm³/mol. The van der Waals surface area contributed by atoms with Crippen LogP contribution < -0.4 is 5.73 Å². The van der Waals surface area contributed by atoms with Crippen molar-refractivity contribution in [1.29, 1.82) is 0 Å². The van der Waals surface area contributed by atoms with Crippen LogP contribution in [-0.2, 0) is 9.53 Å². The maximum Gasteiger partial charge on any atom is 0.155 e. The lowest BCUT2D eigenvalue weighted by molar-refractivity contribution is -0.117. The average Bonchev–Trinajstić information content (AvgIpc) is 3.23. The zero-order valence-electron chi connectivity index (χ0n) is 19.8. The number of carbonyl (C=O) groups excluding carboxylic acids is 1. The Kier molecular flexibility index (Phi) is 5.67. The highest BCUT2D eigenvalue weighted by atomic mass is 16.5. The summed E-state index contributed by atoms with van der Waals surface area (Å²) < 4.78 is 6.74. The number of allylic oxidation sites excluding steroid dienone is 1. The van der Waals surface area contributed by atoms with Crippen molar-refractivity contribution in [2.24, 2.45) is 52.1 Å². The minimum absolute atomic E-state index is 0.189. The van der Waals surface area contributed by atoms with Crippen molar-refractivity contribution in [3.05, 3.63) is 11.6 Å². The average molecular weight is 430 g/mol. The molecule has 0 spiro atoms. The van der Waals surface area contributed by atoms with E-state index in [-0.39, 0.29) is 17.9 Å². The number of aliphatic hydroxyl groups is 1. The van der Waals surface area contributed by atoms with Gasteiger partial charge in [0.25, 0.3) is 0 Å². The van der Waals surface area contributed by atoms with Gasteiger partial charge in [0.05, 0.1) is 12.2 Å². The Hall–Kier alpha value is -0.710. The van der Waals surface area contributed by atoms with E-state index in [0.29, 0.717) is 41.8 Å². The topological polar surface area (TPSA) is 72.6 Å². The molecule has 174 valence electrons. The zero-order valence-corrected chi connectivity index (χ0v) is 19.8. The van der Waals surface area contributed by atoms with Crippen molar-refractivity contribution in [3.8, 4) is 0 Å². The molecule has 0 aromatic heterocycles. The number of ketones is 1. The van der Waals surface area contributed by atoms with Gasteiger partial charge in [-0.15, -0.1) is 0 Å². The summed E-state index contributed by atoms with van der Waals surface area (Å²) in [6, 6.07) is 0. The minimum Gasteiger partial charge on any atom is -0.396 e. The third-order valence-electron chi connectivity index (χ3n) is 11.0. The first-order chi connectivity index (χ1) is 14.8. The molecule has 10 atom stereocenters. The van der Waals surface area contributed by atoms with Gasteiger partial charge in [0.1, 0.15) is 0 Å². The number of fused-ring (bicyclic) bond motifs is 7. The molecule has 1 heterocycles. The van der Waals surface area contributed by atoms with Gasteiger partial charge in [-0.05, 0) is 110 Å². The Morgan fingerprint density at radius 2 is 2.03 bits per heavy atom. The molecule has 4 nitrogen and oxygen atoms in total. The first-order valence-electron chi connectivity index (χ1n) is 13.0. The number of carbonyl (C=O) groups is 1. The van der Waals surface area contributed by atoms with Gasteiger partial charge in [-0.3, -0.25) is 4.79 Å². The molecule has 5 rings (SSSR count). The molecule has 3 saturated carbocycles. The van der Waals surface area contributed by atoms with E-state index in [4.69, 9.17) is 10.5 Å². The molecule has 4 aliphatic carbocycles.